The predicted octanol–water partition coefficient (Wildman–Crippen LogP) is 13.0. The predicted molar refractivity (Wildman–Crippen MR) is 212 cm³/mol. The molecule has 8 aromatic carbocycles. The molecule has 0 aliphatic rings. The summed E-state index contributed by atoms with van der Waals surface area (Å²) in [4.78, 5) is 10.6. The summed E-state index contributed by atoms with van der Waals surface area (Å²) < 4.78 is 6.18. The Morgan fingerprint density at radius 3 is 1.84 bits per heavy atom. The van der Waals surface area contributed by atoms with Crippen molar-refractivity contribution in [3.05, 3.63) is 182 Å². The zero-order valence-electron chi connectivity index (χ0n) is 27.6. The SMILES string of the molecule is c1ccc(-c2cc(-c3ccc4oc5ccccc5c4c3)cc(-c3cc(-c4cccc5ccccc45)nc(-c4ccc5ccccc5c4)n3)c2)cc1. The van der Waals surface area contributed by atoms with Gasteiger partial charge in [0.15, 0.2) is 5.82 Å². The van der Waals surface area contributed by atoms with E-state index in [4.69, 9.17) is 14.4 Å². The van der Waals surface area contributed by atoms with E-state index in [2.05, 4.69) is 170 Å². The van der Waals surface area contributed by atoms with E-state index in [1.807, 2.05) is 12.1 Å². The van der Waals surface area contributed by atoms with Gasteiger partial charge < -0.3 is 4.42 Å². The van der Waals surface area contributed by atoms with Crippen molar-refractivity contribution in [3.8, 4) is 56.2 Å². The number of hydrogen-bond acceptors (Lipinski definition) is 3. The van der Waals surface area contributed by atoms with Crippen LogP contribution in [0.3, 0.4) is 0 Å². The van der Waals surface area contributed by atoms with Crippen molar-refractivity contribution in [2.45, 2.75) is 0 Å². The fraction of sp³-hybridized carbons (Fsp3) is 0. The highest BCUT2D eigenvalue weighted by Gasteiger charge is 2.16. The molecule has 0 unspecified atom stereocenters. The fourth-order valence-electron chi connectivity index (χ4n) is 7.28. The van der Waals surface area contributed by atoms with E-state index in [0.717, 1.165) is 83.0 Å². The van der Waals surface area contributed by atoms with Crippen LogP contribution in [-0.4, -0.2) is 9.97 Å². The van der Waals surface area contributed by atoms with E-state index in [1.54, 1.807) is 0 Å². The minimum Gasteiger partial charge on any atom is -0.456 e. The number of aromatic nitrogens is 2. The Kier molecular flexibility index (Phi) is 6.81. The highest BCUT2D eigenvalue weighted by atomic mass is 16.3. The van der Waals surface area contributed by atoms with E-state index >= 15 is 0 Å². The van der Waals surface area contributed by atoms with Crippen LogP contribution in [0.2, 0.25) is 0 Å². The summed E-state index contributed by atoms with van der Waals surface area (Å²) in [5, 5.41) is 6.91. The Morgan fingerprint density at radius 1 is 0.314 bits per heavy atom. The van der Waals surface area contributed by atoms with E-state index in [0.29, 0.717) is 5.82 Å². The largest absolute Gasteiger partial charge is 0.456 e. The van der Waals surface area contributed by atoms with Gasteiger partial charge in [-0.25, -0.2) is 9.97 Å². The lowest BCUT2D eigenvalue weighted by molar-refractivity contribution is 0.669. The van der Waals surface area contributed by atoms with E-state index in [9.17, 15) is 0 Å². The topological polar surface area (TPSA) is 38.9 Å². The summed E-state index contributed by atoms with van der Waals surface area (Å²) >= 11 is 0. The van der Waals surface area contributed by atoms with Gasteiger partial charge in [0.2, 0.25) is 0 Å². The number of fused-ring (bicyclic) bond motifs is 5. The van der Waals surface area contributed by atoms with Gasteiger partial charge in [0.1, 0.15) is 11.2 Å². The second-order valence-corrected chi connectivity index (χ2v) is 13.0. The molecule has 238 valence electrons. The van der Waals surface area contributed by atoms with Crippen LogP contribution in [-0.2, 0) is 0 Å². The molecule has 2 aromatic heterocycles. The lowest BCUT2D eigenvalue weighted by Gasteiger charge is -2.14. The molecule has 3 heteroatoms. The second kappa shape index (κ2) is 11.9. The minimum absolute atomic E-state index is 0.694. The first-order valence-electron chi connectivity index (χ1n) is 17.2. The van der Waals surface area contributed by atoms with Gasteiger partial charge in [-0.05, 0) is 92.3 Å². The van der Waals surface area contributed by atoms with E-state index in [1.165, 1.54) is 10.8 Å². The molecule has 0 atom stereocenters. The molecule has 10 aromatic rings. The van der Waals surface area contributed by atoms with Crippen molar-refractivity contribution < 1.29 is 4.42 Å². The molecule has 0 fully saturated rings. The summed E-state index contributed by atoms with van der Waals surface area (Å²) in [6.07, 6.45) is 0. The quantitative estimate of drug-likeness (QED) is 0.186. The lowest BCUT2D eigenvalue weighted by Crippen LogP contribution is -1.97. The monoisotopic (exact) mass is 650 g/mol. The lowest BCUT2D eigenvalue weighted by atomic mass is 9.93. The van der Waals surface area contributed by atoms with E-state index < -0.39 is 0 Å². The molecule has 0 aliphatic heterocycles. The third kappa shape index (κ3) is 5.24. The third-order valence-electron chi connectivity index (χ3n) is 9.85. The summed E-state index contributed by atoms with van der Waals surface area (Å²) in [5.41, 5.74) is 11.1. The zero-order valence-corrected chi connectivity index (χ0v) is 27.6. The van der Waals surface area contributed by atoms with Gasteiger partial charge in [-0.1, -0.05) is 133 Å². The summed E-state index contributed by atoms with van der Waals surface area (Å²) in [7, 11) is 0. The van der Waals surface area contributed by atoms with Gasteiger partial charge in [-0.15, -0.1) is 0 Å². The second-order valence-electron chi connectivity index (χ2n) is 13.0. The zero-order chi connectivity index (χ0) is 33.7. The number of benzene rings is 8. The molecule has 0 bridgehead atoms. The first kappa shape index (κ1) is 29.1. The molecule has 3 nitrogen and oxygen atoms in total. The van der Waals surface area contributed by atoms with Gasteiger partial charge in [-0.2, -0.15) is 0 Å². The van der Waals surface area contributed by atoms with Crippen molar-refractivity contribution in [2.75, 3.05) is 0 Å². The summed E-state index contributed by atoms with van der Waals surface area (Å²) in [6, 6.07) is 64.0. The van der Waals surface area contributed by atoms with Crippen LogP contribution in [0.5, 0.6) is 0 Å². The van der Waals surface area contributed by atoms with Crippen LogP contribution < -0.4 is 0 Å². The molecular weight excluding hydrogens is 621 g/mol. The summed E-state index contributed by atoms with van der Waals surface area (Å²) in [6.45, 7) is 0. The maximum atomic E-state index is 6.18. The normalized spacial score (nSPS) is 11.5. The average molecular weight is 651 g/mol. The number of hydrogen-bond donors (Lipinski definition) is 0. The van der Waals surface area contributed by atoms with Crippen LogP contribution in [0.15, 0.2) is 186 Å². The molecule has 0 saturated carbocycles. The molecule has 0 N–H and O–H groups in total. The highest BCUT2D eigenvalue weighted by molar-refractivity contribution is 6.06. The first-order valence-corrected chi connectivity index (χ1v) is 17.2. The van der Waals surface area contributed by atoms with Crippen molar-refractivity contribution >= 4 is 43.5 Å². The average Bonchev–Trinajstić information content (AvgIpc) is 3.58. The first-order chi connectivity index (χ1) is 25.2. The smallest absolute Gasteiger partial charge is 0.160 e. The van der Waals surface area contributed by atoms with Crippen LogP contribution in [0, 0.1) is 0 Å². The van der Waals surface area contributed by atoms with Gasteiger partial charge in [-0.3, -0.25) is 0 Å². The van der Waals surface area contributed by atoms with Crippen molar-refractivity contribution in [2.24, 2.45) is 0 Å². The molecule has 0 radical (unpaired) electrons. The Morgan fingerprint density at radius 2 is 0.961 bits per heavy atom. The number of nitrogens with zero attached hydrogens (tertiary/aromatic N) is 2. The third-order valence-corrected chi connectivity index (χ3v) is 9.85. The van der Waals surface area contributed by atoms with Gasteiger partial charge in [0, 0.05) is 27.5 Å². The Labute approximate surface area is 295 Å². The number of rotatable bonds is 5. The number of para-hydroxylation sites is 1. The highest BCUT2D eigenvalue weighted by Crippen LogP contribution is 2.38. The molecule has 51 heavy (non-hydrogen) atoms. The summed E-state index contributed by atoms with van der Waals surface area (Å²) in [5.74, 6) is 0.694. The van der Waals surface area contributed by atoms with Crippen LogP contribution >= 0.6 is 0 Å². The van der Waals surface area contributed by atoms with E-state index in [-0.39, 0.29) is 0 Å². The fourth-order valence-corrected chi connectivity index (χ4v) is 7.28. The maximum Gasteiger partial charge on any atom is 0.160 e. The standard InChI is InChI=1S/C48H30N2O/c1-2-11-31(12-3-1)37-26-38(35-23-24-47-43(29-35)42-18-8-9-20-46(42)51-47)28-39(27-37)44-30-45(41-19-10-16-33-14-6-7-17-40(33)41)50-48(49-44)36-22-21-32-13-4-5-15-34(32)25-36/h1-30H. The molecule has 0 aliphatic carbocycles. The molecule has 0 saturated heterocycles. The van der Waals surface area contributed by atoms with Crippen molar-refractivity contribution in [3.63, 3.8) is 0 Å². The molecule has 0 amide bonds. The van der Waals surface area contributed by atoms with Gasteiger partial charge >= 0.3 is 0 Å². The molecule has 2 heterocycles. The van der Waals surface area contributed by atoms with Crippen LogP contribution in [0.1, 0.15) is 0 Å². The molecule has 10 rings (SSSR count). The van der Waals surface area contributed by atoms with Crippen molar-refractivity contribution in [1.82, 2.24) is 9.97 Å². The Bertz CT molecular complexity index is 2920. The van der Waals surface area contributed by atoms with Crippen LogP contribution in [0.4, 0.5) is 0 Å². The van der Waals surface area contributed by atoms with Crippen molar-refractivity contribution in [1.29, 1.82) is 0 Å². The van der Waals surface area contributed by atoms with Gasteiger partial charge in [0.05, 0.1) is 11.4 Å². The maximum absolute atomic E-state index is 6.18. The minimum atomic E-state index is 0.694. The Hall–Kier alpha value is -6.84. The number of furan rings is 1. The van der Waals surface area contributed by atoms with Gasteiger partial charge in [0.25, 0.3) is 0 Å². The molecular formula is C48H30N2O. The molecule has 0 spiro atoms. The Balaban J connectivity index is 1.22. The van der Waals surface area contributed by atoms with Crippen LogP contribution in [0.25, 0.3) is 99.6 Å².